The summed E-state index contributed by atoms with van der Waals surface area (Å²) >= 11 is 0. The highest BCUT2D eigenvalue weighted by Gasteiger charge is 2.36. The minimum absolute atomic E-state index is 0.0306. The molecule has 0 aromatic heterocycles. The predicted molar refractivity (Wildman–Crippen MR) is 118 cm³/mol. The van der Waals surface area contributed by atoms with Crippen LogP contribution in [0.1, 0.15) is 30.4 Å². The summed E-state index contributed by atoms with van der Waals surface area (Å²) in [5, 5.41) is 2.81. The number of nitrogens with one attached hydrogen (secondary N) is 2. The molecule has 4 rings (SSSR count). The molecule has 164 valence electrons. The third-order valence-corrected chi connectivity index (χ3v) is 7.13. The van der Waals surface area contributed by atoms with Crippen LogP contribution in [-0.4, -0.2) is 39.9 Å². The van der Waals surface area contributed by atoms with Crippen molar-refractivity contribution in [1.29, 1.82) is 0 Å². The van der Waals surface area contributed by atoms with Gasteiger partial charge in [-0.1, -0.05) is 30.3 Å². The Morgan fingerprint density at radius 2 is 1.81 bits per heavy atom. The maximum Gasteiger partial charge on any atom is 0.240 e. The fourth-order valence-corrected chi connectivity index (χ4v) is 4.87. The van der Waals surface area contributed by atoms with Crippen LogP contribution in [0.3, 0.4) is 0 Å². The van der Waals surface area contributed by atoms with Gasteiger partial charge in [-0.05, 0) is 55.0 Å². The average molecular weight is 442 g/mol. The standard InChI is InChI=1S/C23H27N3O4S/c27-22(24-13-10-17-4-2-1-3-5-17)11-14-25-31(29,30)20-8-9-21-19(16-20)12-15-26(21)23(28)18-6-7-18/h1-5,8-9,16,18,25H,6-7,10-15H2,(H,24,27). The molecule has 1 fully saturated rings. The van der Waals surface area contributed by atoms with Crippen molar-refractivity contribution in [1.82, 2.24) is 10.0 Å². The van der Waals surface area contributed by atoms with Crippen molar-refractivity contribution in [2.24, 2.45) is 5.92 Å². The van der Waals surface area contributed by atoms with Crippen LogP contribution in [0.5, 0.6) is 0 Å². The second-order valence-corrected chi connectivity index (χ2v) is 9.80. The second-order valence-electron chi connectivity index (χ2n) is 8.04. The summed E-state index contributed by atoms with van der Waals surface area (Å²) in [6.45, 7) is 1.14. The highest BCUT2D eigenvalue weighted by Crippen LogP contribution is 2.37. The van der Waals surface area contributed by atoms with E-state index in [1.165, 1.54) is 6.07 Å². The zero-order valence-electron chi connectivity index (χ0n) is 17.3. The van der Waals surface area contributed by atoms with Crippen LogP contribution in [0, 0.1) is 5.92 Å². The van der Waals surface area contributed by atoms with Crippen molar-refractivity contribution in [2.45, 2.75) is 37.0 Å². The number of rotatable bonds is 9. The van der Waals surface area contributed by atoms with Gasteiger partial charge in [-0.3, -0.25) is 9.59 Å². The van der Waals surface area contributed by atoms with E-state index in [1.807, 2.05) is 30.3 Å². The summed E-state index contributed by atoms with van der Waals surface area (Å²) in [5.74, 6) is 0.0856. The van der Waals surface area contributed by atoms with E-state index in [0.29, 0.717) is 19.5 Å². The van der Waals surface area contributed by atoms with Crippen LogP contribution in [0.15, 0.2) is 53.4 Å². The number of hydrogen-bond acceptors (Lipinski definition) is 4. The van der Waals surface area contributed by atoms with Gasteiger partial charge >= 0.3 is 0 Å². The molecule has 1 aliphatic heterocycles. The Kier molecular flexibility index (Phi) is 6.38. The Labute approximate surface area is 182 Å². The van der Waals surface area contributed by atoms with Crippen molar-refractivity contribution >= 4 is 27.5 Å². The lowest BCUT2D eigenvalue weighted by Crippen LogP contribution is -2.31. The Hall–Kier alpha value is -2.71. The monoisotopic (exact) mass is 441 g/mol. The molecule has 2 aromatic carbocycles. The van der Waals surface area contributed by atoms with E-state index in [2.05, 4.69) is 10.0 Å². The zero-order valence-corrected chi connectivity index (χ0v) is 18.2. The quantitative estimate of drug-likeness (QED) is 0.622. The number of carbonyl (C=O) groups excluding carboxylic acids is 2. The van der Waals surface area contributed by atoms with Gasteiger partial charge in [-0.2, -0.15) is 0 Å². The van der Waals surface area contributed by atoms with Gasteiger partial charge in [-0.15, -0.1) is 0 Å². The Morgan fingerprint density at radius 1 is 1.03 bits per heavy atom. The number of hydrogen-bond donors (Lipinski definition) is 2. The molecule has 7 nitrogen and oxygen atoms in total. The van der Waals surface area contributed by atoms with Crippen molar-refractivity contribution in [2.75, 3.05) is 24.5 Å². The van der Waals surface area contributed by atoms with Crippen LogP contribution < -0.4 is 14.9 Å². The summed E-state index contributed by atoms with van der Waals surface area (Å²) in [7, 11) is -3.72. The minimum atomic E-state index is -3.72. The molecule has 0 unspecified atom stereocenters. The Bertz CT molecular complexity index is 1070. The maximum absolute atomic E-state index is 12.6. The van der Waals surface area contributed by atoms with Crippen LogP contribution in [0.2, 0.25) is 0 Å². The van der Waals surface area contributed by atoms with Crippen molar-refractivity contribution in [3.05, 3.63) is 59.7 Å². The normalized spacial score (nSPS) is 15.5. The molecule has 0 spiro atoms. The van der Waals surface area contributed by atoms with E-state index in [9.17, 15) is 18.0 Å². The lowest BCUT2D eigenvalue weighted by molar-refractivity contribution is -0.121. The summed E-state index contributed by atoms with van der Waals surface area (Å²) in [5.41, 5.74) is 2.82. The maximum atomic E-state index is 12.6. The number of amides is 2. The molecule has 0 saturated heterocycles. The van der Waals surface area contributed by atoms with Gasteiger partial charge in [0.2, 0.25) is 21.8 Å². The van der Waals surface area contributed by atoms with E-state index in [0.717, 1.165) is 36.1 Å². The first-order chi connectivity index (χ1) is 14.9. The largest absolute Gasteiger partial charge is 0.356 e. The zero-order chi connectivity index (χ0) is 21.8. The van der Waals surface area contributed by atoms with Crippen LogP contribution in [-0.2, 0) is 32.5 Å². The van der Waals surface area contributed by atoms with E-state index in [-0.39, 0.29) is 35.6 Å². The molecule has 1 heterocycles. The SMILES string of the molecule is O=C(CCNS(=O)(=O)c1ccc2c(c1)CCN2C(=O)C1CC1)NCCc1ccccc1. The van der Waals surface area contributed by atoms with Gasteiger partial charge in [0.05, 0.1) is 4.90 Å². The Balaban J connectivity index is 1.26. The molecule has 1 aliphatic carbocycles. The molecule has 8 heteroatoms. The summed E-state index contributed by atoms with van der Waals surface area (Å²) in [6.07, 6.45) is 3.35. The third kappa shape index (κ3) is 5.32. The van der Waals surface area contributed by atoms with Gasteiger partial charge < -0.3 is 10.2 Å². The second kappa shape index (κ2) is 9.20. The highest BCUT2D eigenvalue weighted by atomic mass is 32.2. The fraction of sp³-hybridized carbons (Fsp3) is 0.391. The first kappa shape index (κ1) is 21.5. The lowest BCUT2D eigenvalue weighted by atomic mass is 10.1. The van der Waals surface area contributed by atoms with E-state index < -0.39 is 10.0 Å². The minimum Gasteiger partial charge on any atom is -0.356 e. The molecule has 0 atom stereocenters. The number of benzene rings is 2. The topological polar surface area (TPSA) is 95.6 Å². The number of carbonyl (C=O) groups is 2. The van der Waals surface area contributed by atoms with Crippen LogP contribution >= 0.6 is 0 Å². The van der Waals surface area contributed by atoms with Crippen molar-refractivity contribution < 1.29 is 18.0 Å². The third-order valence-electron chi connectivity index (χ3n) is 5.67. The molecule has 2 aliphatic rings. The first-order valence-electron chi connectivity index (χ1n) is 10.7. The van der Waals surface area contributed by atoms with Gasteiger partial charge in [0, 0.05) is 37.7 Å². The average Bonchev–Trinajstić information content (AvgIpc) is 3.53. The summed E-state index contributed by atoms with van der Waals surface area (Å²) in [6, 6.07) is 14.7. The summed E-state index contributed by atoms with van der Waals surface area (Å²) < 4.78 is 27.7. The summed E-state index contributed by atoms with van der Waals surface area (Å²) in [4.78, 5) is 26.3. The first-order valence-corrected chi connectivity index (χ1v) is 12.2. The Morgan fingerprint density at radius 3 is 2.55 bits per heavy atom. The molecular weight excluding hydrogens is 414 g/mol. The lowest BCUT2D eigenvalue weighted by Gasteiger charge is -2.17. The molecule has 2 N–H and O–H groups in total. The van der Waals surface area contributed by atoms with Gasteiger partial charge in [-0.25, -0.2) is 13.1 Å². The van der Waals surface area contributed by atoms with E-state index >= 15 is 0 Å². The van der Waals surface area contributed by atoms with E-state index in [1.54, 1.807) is 17.0 Å². The van der Waals surface area contributed by atoms with Crippen molar-refractivity contribution in [3.8, 4) is 0 Å². The van der Waals surface area contributed by atoms with E-state index in [4.69, 9.17) is 0 Å². The molecule has 2 amide bonds. The number of anilines is 1. The van der Waals surface area contributed by atoms with Gasteiger partial charge in [0.15, 0.2) is 0 Å². The smallest absolute Gasteiger partial charge is 0.240 e. The molecule has 0 bridgehead atoms. The number of sulfonamides is 1. The van der Waals surface area contributed by atoms with Gasteiger partial charge in [0.1, 0.15) is 0 Å². The molecule has 0 radical (unpaired) electrons. The fourth-order valence-electron chi connectivity index (χ4n) is 3.79. The molecule has 1 saturated carbocycles. The number of nitrogens with zero attached hydrogens (tertiary/aromatic N) is 1. The highest BCUT2D eigenvalue weighted by molar-refractivity contribution is 7.89. The molecule has 2 aromatic rings. The number of fused-ring (bicyclic) bond motifs is 1. The molecule has 31 heavy (non-hydrogen) atoms. The van der Waals surface area contributed by atoms with Crippen LogP contribution in [0.25, 0.3) is 0 Å². The molecular formula is C23H27N3O4S. The van der Waals surface area contributed by atoms with Gasteiger partial charge in [0.25, 0.3) is 0 Å². The van der Waals surface area contributed by atoms with Crippen LogP contribution in [0.4, 0.5) is 5.69 Å². The van der Waals surface area contributed by atoms with Crippen molar-refractivity contribution in [3.63, 3.8) is 0 Å². The predicted octanol–water partition coefficient (Wildman–Crippen LogP) is 2.01.